The Morgan fingerprint density at radius 3 is 2.56 bits per heavy atom. The molecule has 0 heterocycles. The molecule has 0 spiro atoms. The van der Waals surface area contributed by atoms with Crippen molar-refractivity contribution in [1.82, 2.24) is 4.90 Å². The first-order valence-electron chi connectivity index (χ1n) is 2.64. The van der Waals surface area contributed by atoms with Crippen molar-refractivity contribution in [2.45, 2.75) is 6.92 Å². The molecule has 0 aliphatic rings. The predicted octanol–water partition coefficient (Wildman–Crippen LogP) is 0.677. The minimum atomic E-state index is 0. The molecular formula is C6H12N2U. The summed E-state index contributed by atoms with van der Waals surface area (Å²) in [6.07, 6.45) is 4.83. The largest absolute Gasteiger partial charge is 2.00 e. The van der Waals surface area contributed by atoms with E-state index in [2.05, 4.69) is 17.8 Å². The van der Waals surface area contributed by atoms with Gasteiger partial charge < -0.3 is 22.7 Å². The maximum atomic E-state index is 3.71. The van der Waals surface area contributed by atoms with Crippen LogP contribution in [0.2, 0.25) is 0 Å². The minimum Gasteiger partial charge on any atom is -0.564 e. The Balaban J connectivity index is 0. The number of aliphatic imine (C=N–C) groups is 1. The fraction of sp³-hybridized carbons (Fsp3) is 0.667. The van der Waals surface area contributed by atoms with Gasteiger partial charge in [0.2, 0.25) is 0 Å². The van der Waals surface area contributed by atoms with Crippen molar-refractivity contribution in [3.63, 3.8) is 0 Å². The van der Waals surface area contributed by atoms with Gasteiger partial charge >= 0.3 is 31.1 Å². The summed E-state index contributed by atoms with van der Waals surface area (Å²) in [4.78, 5) is 5.60. The van der Waals surface area contributed by atoms with Crippen LogP contribution in [0.4, 0.5) is 0 Å². The van der Waals surface area contributed by atoms with Gasteiger partial charge in [-0.25, -0.2) is 0 Å². The molecule has 0 aromatic carbocycles. The van der Waals surface area contributed by atoms with E-state index in [9.17, 15) is 0 Å². The zero-order chi connectivity index (χ0) is 6.41. The normalized spacial score (nSPS) is 9.22. The molecule has 0 aromatic heterocycles. The third-order valence-electron chi connectivity index (χ3n) is 0.727. The van der Waals surface area contributed by atoms with Crippen molar-refractivity contribution in [3.05, 3.63) is 6.42 Å². The molecule has 0 aliphatic heterocycles. The Morgan fingerprint density at radius 2 is 2.22 bits per heavy atom. The van der Waals surface area contributed by atoms with Crippen LogP contribution in [0.5, 0.6) is 0 Å². The molecule has 0 amide bonds. The molecule has 0 bridgehead atoms. The molecule has 2 nitrogen and oxygen atoms in total. The van der Waals surface area contributed by atoms with Crippen LogP contribution in [0.15, 0.2) is 4.99 Å². The standard InChI is InChI=1S/C6H12N2.U/c1-4-5-8(3)6-7-2;/h4H,5H2,1-3H3;/q-2;+2. The van der Waals surface area contributed by atoms with Gasteiger partial charge in [0.15, 0.2) is 0 Å². The molecule has 0 aromatic rings. The van der Waals surface area contributed by atoms with Gasteiger partial charge in [0.05, 0.1) is 0 Å². The van der Waals surface area contributed by atoms with Crippen LogP contribution in [0.1, 0.15) is 6.92 Å². The molecular weight excluding hydrogens is 338 g/mol. The molecule has 0 N–H and O–H groups in total. The summed E-state index contributed by atoms with van der Waals surface area (Å²) >= 11 is 0. The second-order valence-corrected chi connectivity index (χ2v) is 1.61. The fourth-order valence-electron chi connectivity index (χ4n) is 0.485. The molecule has 0 saturated heterocycles. The van der Waals surface area contributed by atoms with Crippen LogP contribution in [0.3, 0.4) is 0 Å². The van der Waals surface area contributed by atoms with Crippen LogP contribution < -0.4 is 0 Å². The monoisotopic (exact) mass is 350 g/mol. The van der Waals surface area contributed by atoms with Crippen molar-refractivity contribution >= 4 is 6.34 Å². The van der Waals surface area contributed by atoms with E-state index in [-0.39, 0.29) is 31.1 Å². The third-order valence-corrected chi connectivity index (χ3v) is 0.727. The second kappa shape index (κ2) is 8.52. The molecule has 3 heteroatoms. The Hall–Kier alpha value is 0.522. The van der Waals surface area contributed by atoms with Crippen molar-refractivity contribution in [2.24, 2.45) is 4.99 Å². The molecule has 0 atom stereocenters. The number of hydrogen-bond donors (Lipinski definition) is 0. The van der Waals surface area contributed by atoms with Crippen molar-refractivity contribution in [2.75, 3.05) is 20.6 Å². The molecule has 0 saturated carbocycles. The van der Waals surface area contributed by atoms with Crippen LogP contribution in [0.25, 0.3) is 0 Å². The number of rotatable bonds is 3. The Morgan fingerprint density at radius 1 is 1.67 bits per heavy atom. The summed E-state index contributed by atoms with van der Waals surface area (Å²) in [7, 11) is 3.65. The molecule has 0 radical (unpaired) electrons. The summed E-state index contributed by atoms with van der Waals surface area (Å²) in [5.74, 6) is 0. The minimum absolute atomic E-state index is 0. The SMILES string of the molecule is C[CH-]CN(C)[C-]=NC.[U+2]. The summed E-state index contributed by atoms with van der Waals surface area (Å²) in [5.41, 5.74) is 0. The Bertz CT molecular complexity index is 73.5. The van der Waals surface area contributed by atoms with Gasteiger partial charge in [-0.15, -0.1) is 6.54 Å². The first kappa shape index (κ1) is 12.2. The van der Waals surface area contributed by atoms with Crippen molar-refractivity contribution in [1.29, 1.82) is 0 Å². The van der Waals surface area contributed by atoms with Gasteiger partial charge in [-0.2, -0.15) is 6.92 Å². The van der Waals surface area contributed by atoms with Gasteiger partial charge in [0.1, 0.15) is 0 Å². The number of nitrogens with zero attached hydrogens (tertiary/aromatic N) is 2. The van der Waals surface area contributed by atoms with Crippen molar-refractivity contribution in [3.8, 4) is 0 Å². The van der Waals surface area contributed by atoms with Gasteiger partial charge in [-0.1, -0.05) is 0 Å². The van der Waals surface area contributed by atoms with Crippen LogP contribution >= 0.6 is 0 Å². The van der Waals surface area contributed by atoms with Gasteiger partial charge in [-0.05, 0) is 14.1 Å². The molecule has 0 unspecified atom stereocenters. The zero-order valence-electron chi connectivity index (χ0n) is 6.18. The van der Waals surface area contributed by atoms with E-state index in [1.807, 2.05) is 18.9 Å². The molecule has 50 valence electrons. The van der Waals surface area contributed by atoms with Gasteiger partial charge in [0, 0.05) is 0 Å². The maximum Gasteiger partial charge on any atom is 2.00 e. The maximum absolute atomic E-state index is 3.71. The van der Waals surface area contributed by atoms with Crippen molar-refractivity contribution < 1.29 is 31.1 Å². The fourth-order valence-corrected chi connectivity index (χ4v) is 0.485. The van der Waals surface area contributed by atoms with E-state index in [0.29, 0.717) is 0 Å². The average Bonchev–Trinajstić information content (AvgIpc) is 1.68. The van der Waals surface area contributed by atoms with Crippen LogP contribution in [-0.2, 0) is 0 Å². The Labute approximate surface area is 81.1 Å². The summed E-state index contributed by atoms with van der Waals surface area (Å²) < 4.78 is 0. The number of hydrogen-bond acceptors (Lipinski definition) is 1. The summed E-state index contributed by atoms with van der Waals surface area (Å²) in [6.45, 7) is 2.92. The smallest absolute Gasteiger partial charge is 0.564 e. The molecule has 0 rings (SSSR count). The van der Waals surface area contributed by atoms with E-state index < -0.39 is 0 Å². The van der Waals surface area contributed by atoms with E-state index >= 15 is 0 Å². The first-order valence-corrected chi connectivity index (χ1v) is 2.64. The van der Waals surface area contributed by atoms with E-state index in [0.717, 1.165) is 6.54 Å². The van der Waals surface area contributed by atoms with E-state index in [4.69, 9.17) is 0 Å². The average molecular weight is 350 g/mol. The predicted molar refractivity (Wildman–Crippen MR) is 36.0 cm³/mol. The van der Waals surface area contributed by atoms with Gasteiger partial charge in [-0.3, -0.25) is 0 Å². The van der Waals surface area contributed by atoms with E-state index in [1.54, 1.807) is 7.05 Å². The van der Waals surface area contributed by atoms with Gasteiger partial charge in [0.25, 0.3) is 0 Å². The molecule has 0 fully saturated rings. The quantitative estimate of drug-likeness (QED) is 0.316. The first-order chi connectivity index (χ1) is 3.81. The molecule has 0 aliphatic carbocycles. The summed E-state index contributed by atoms with van der Waals surface area (Å²) in [6, 6.07) is 0. The Kier molecular flexibility index (Phi) is 11.6. The summed E-state index contributed by atoms with van der Waals surface area (Å²) in [5, 5.41) is 0. The molecule has 9 heavy (non-hydrogen) atoms. The zero-order valence-corrected chi connectivity index (χ0v) is 10.3. The van der Waals surface area contributed by atoms with Crippen LogP contribution in [0, 0.1) is 37.5 Å². The topological polar surface area (TPSA) is 15.6 Å². The second-order valence-electron chi connectivity index (χ2n) is 1.61. The third kappa shape index (κ3) is 8.52. The van der Waals surface area contributed by atoms with E-state index in [1.165, 1.54) is 0 Å². The van der Waals surface area contributed by atoms with Crippen LogP contribution in [-0.4, -0.2) is 31.9 Å².